The third kappa shape index (κ3) is 4.51. The van der Waals surface area contributed by atoms with Crippen LogP contribution in [0.25, 0.3) is 32.3 Å². The molecule has 4 aromatic rings. The van der Waals surface area contributed by atoms with Crippen molar-refractivity contribution < 1.29 is 13.2 Å². The van der Waals surface area contributed by atoms with Crippen LogP contribution in [0.5, 0.6) is 5.75 Å². The van der Waals surface area contributed by atoms with Crippen molar-refractivity contribution in [2.75, 3.05) is 13.4 Å². The number of halogens is 1. The number of alkyl halides is 1. The summed E-state index contributed by atoms with van der Waals surface area (Å²) in [4.78, 5) is 6.22. The molecule has 0 N–H and O–H groups in total. The molecule has 4 nitrogen and oxygen atoms in total. The van der Waals surface area contributed by atoms with Crippen LogP contribution in [0.2, 0.25) is 0 Å². The molecule has 0 aliphatic carbocycles. The molecule has 7 heteroatoms. The lowest BCUT2D eigenvalue weighted by molar-refractivity contribution is 0.415. The minimum atomic E-state index is -3.26. The second-order valence-corrected chi connectivity index (χ2v) is 10.3. The highest BCUT2D eigenvalue weighted by molar-refractivity contribution is 7.90. The van der Waals surface area contributed by atoms with Gasteiger partial charge in [-0.05, 0) is 47.5 Å². The third-order valence-electron chi connectivity index (χ3n) is 4.93. The molecule has 0 amide bonds. The highest BCUT2D eigenvalue weighted by Gasteiger charge is 2.18. The van der Waals surface area contributed by atoms with Gasteiger partial charge in [0.1, 0.15) is 10.8 Å². The monoisotopic (exact) mass is 469 g/mol. The lowest BCUT2D eigenvalue weighted by atomic mass is 10.1. The molecule has 0 bridgehead atoms. The number of benzene rings is 3. The summed E-state index contributed by atoms with van der Waals surface area (Å²) in [5.74, 6) is 1.16. The van der Waals surface area contributed by atoms with Crippen LogP contribution in [0.3, 0.4) is 0 Å². The van der Waals surface area contributed by atoms with Gasteiger partial charge in [-0.2, -0.15) is 0 Å². The van der Waals surface area contributed by atoms with Gasteiger partial charge in [-0.25, -0.2) is 13.4 Å². The number of hydrogen-bond acceptors (Lipinski definition) is 5. The fourth-order valence-electron chi connectivity index (χ4n) is 3.27. The molecule has 158 valence electrons. The van der Waals surface area contributed by atoms with E-state index in [1.165, 1.54) is 6.26 Å². The van der Waals surface area contributed by atoms with Gasteiger partial charge in [0.15, 0.2) is 9.84 Å². The first-order valence-corrected chi connectivity index (χ1v) is 12.7. The maximum Gasteiger partial charge on any atom is 0.175 e. The zero-order valence-corrected chi connectivity index (χ0v) is 19.4. The van der Waals surface area contributed by atoms with Gasteiger partial charge in [0.25, 0.3) is 0 Å². The van der Waals surface area contributed by atoms with Crippen molar-refractivity contribution in [3.8, 4) is 38.0 Å². The molecule has 0 saturated heterocycles. The maximum absolute atomic E-state index is 11.9. The van der Waals surface area contributed by atoms with Crippen molar-refractivity contribution in [1.82, 2.24) is 4.98 Å². The average molecular weight is 470 g/mol. The molecular formula is C24H20ClNO3S2. The molecule has 0 fully saturated rings. The molecule has 0 aliphatic heterocycles. The Morgan fingerprint density at radius 1 is 0.935 bits per heavy atom. The number of thiazole rings is 1. The number of nitrogens with zero attached hydrogens (tertiary/aromatic N) is 1. The van der Waals surface area contributed by atoms with Gasteiger partial charge in [-0.1, -0.05) is 36.4 Å². The molecule has 0 aliphatic rings. The Bertz CT molecular complexity index is 1310. The second-order valence-electron chi connectivity index (χ2n) is 7.01. The number of hydrogen-bond donors (Lipinski definition) is 0. The fraction of sp³-hybridized carbons (Fsp3) is 0.125. The van der Waals surface area contributed by atoms with Crippen LogP contribution in [0.15, 0.2) is 77.7 Å². The molecule has 3 aromatic carbocycles. The summed E-state index contributed by atoms with van der Waals surface area (Å²) in [6.45, 7) is 0. The van der Waals surface area contributed by atoms with E-state index in [4.69, 9.17) is 21.3 Å². The molecule has 0 saturated carbocycles. The van der Waals surface area contributed by atoms with Crippen molar-refractivity contribution in [3.63, 3.8) is 0 Å². The van der Waals surface area contributed by atoms with Gasteiger partial charge in [0, 0.05) is 23.3 Å². The summed E-state index contributed by atoms with van der Waals surface area (Å²) >= 11 is 7.73. The zero-order valence-electron chi connectivity index (χ0n) is 17.0. The zero-order chi connectivity index (χ0) is 22.0. The molecule has 0 radical (unpaired) electrons. The van der Waals surface area contributed by atoms with Crippen LogP contribution >= 0.6 is 22.9 Å². The van der Waals surface area contributed by atoms with Gasteiger partial charge in [-0.15, -0.1) is 22.9 Å². The minimum Gasteiger partial charge on any atom is -0.497 e. The Morgan fingerprint density at radius 3 is 2.19 bits per heavy atom. The van der Waals surface area contributed by atoms with Crippen molar-refractivity contribution in [2.24, 2.45) is 0 Å². The van der Waals surface area contributed by atoms with E-state index in [9.17, 15) is 8.42 Å². The van der Waals surface area contributed by atoms with E-state index >= 15 is 0 Å². The minimum absolute atomic E-state index is 0.291. The van der Waals surface area contributed by atoms with Gasteiger partial charge in [0.2, 0.25) is 0 Å². The quantitative estimate of drug-likeness (QED) is 0.311. The largest absolute Gasteiger partial charge is 0.497 e. The topological polar surface area (TPSA) is 56.3 Å². The number of ether oxygens (including phenoxy) is 1. The molecule has 4 rings (SSSR count). The van der Waals surface area contributed by atoms with E-state index in [0.29, 0.717) is 10.8 Å². The van der Waals surface area contributed by atoms with Crippen LogP contribution < -0.4 is 4.74 Å². The molecule has 1 heterocycles. The molecule has 0 atom stereocenters. The first-order chi connectivity index (χ1) is 14.9. The lowest BCUT2D eigenvalue weighted by Gasteiger charge is -2.05. The second kappa shape index (κ2) is 8.83. The molecule has 1 aromatic heterocycles. The predicted octanol–water partition coefficient (Wildman–Crippen LogP) is 6.30. The predicted molar refractivity (Wildman–Crippen MR) is 128 cm³/mol. The van der Waals surface area contributed by atoms with E-state index in [1.807, 2.05) is 60.7 Å². The van der Waals surface area contributed by atoms with Gasteiger partial charge >= 0.3 is 0 Å². The van der Waals surface area contributed by atoms with Crippen molar-refractivity contribution in [1.29, 1.82) is 0 Å². The maximum atomic E-state index is 11.9. The Morgan fingerprint density at radius 2 is 1.58 bits per heavy atom. The smallest absolute Gasteiger partial charge is 0.175 e. The van der Waals surface area contributed by atoms with E-state index in [0.717, 1.165) is 43.6 Å². The van der Waals surface area contributed by atoms with E-state index in [2.05, 4.69) is 0 Å². The molecule has 0 unspecified atom stereocenters. The highest BCUT2D eigenvalue weighted by Crippen LogP contribution is 2.42. The van der Waals surface area contributed by atoms with Crippen LogP contribution in [-0.2, 0) is 15.7 Å². The van der Waals surface area contributed by atoms with Crippen LogP contribution in [0, 0.1) is 0 Å². The number of sulfone groups is 1. The number of aromatic nitrogens is 1. The summed E-state index contributed by atoms with van der Waals surface area (Å²) in [6.07, 6.45) is 1.21. The van der Waals surface area contributed by atoms with E-state index in [-0.39, 0.29) is 0 Å². The number of methoxy groups -OCH3 is 1. The molecule has 31 heavy (non-hydrogen) atoms. The summed E-state index contributed by atoms with van der Waals surface area (Å²) < 4.78 is 29.0. The Kier molecular flexibility index (Phi) is 6.14. The molecular weight excluding hydrogens is 450 g/mol. The Balaban J connectivity index is 1.88. The lowest BCUT2D eigenvalue weighted by Crippen LogP contribution is -1.96. The average Bonchev–Trinajstić information content (AvgIpc) is 3.24. The van der Waals surface area contributed by atoms with Crippen molar-refractivity contribution in [2.45, 2.75) is 10.8 Å². The SMILES string of the molecule is COc1ccc(-c2nc(-c3ccccc3CCl)sc2-c2ccc(S(C)(=O)=O)cc2)cc1. The third-order valence-corrected chi connectivity index (χ3v) is 7.48. The summed E-state index contributed by atoms with van der Waals surface area (Å²) in [5, 5.41) is 0.865. The number of rotatable bonds is 6. The van der Waals surface area contributed by atoms with Crippen LogP contribution in [0.4, 0.5) is 0 Å². The van der Waals surface area contributed by atoms with Gasteiger partial charge in [-0.3, -0.25) is 0 Å². The van der Waals surface area contributed by atoms with Crippen LogP contribution in [-0.4, -0.2) is 26.8 Å². The first kappa shape index (κ1) is 21.6. The van der Waals surface area contributed by atoms with Gasteiger partial charge < -0.3 is 4.74 Å². The van der Waals surface area contributed by atoms with Crippen molar-refractivity contribution >= 4 is 32.8 Å². The fourth-order valence-corrected chi connectivity index (χ4v) is 5.29. The summed E-state index contributed by atoms with van der Waals surface area (Å²) in [6, 6.07) is 22.6. The standard InChI is InChI=1S/C24H20ClNO3S2/c1-29-19-11-7-16(8-12-19)22-23(17-9-13-20(14-10-17)31(2,27)28)30-24(26-22)21-6-4-3-5-18(21)15-25/h3-14H,15H2,1-2H3. The van der Waals surface area contributed by atoms with Gasteiger partial charge in [0.05, 0.1) is 22.6 Å². The van der Waals surface area contributed by atoms with E-state index in [1.54, 1.807) is 30.6 Å². The van der Waals surface area contributed by atoms with E-state index < -0.39 is 9.84 Å². The summed E-state index contributed by atoms with van der Waals surface area (Å²) in [7, 11) is -1.63. The molecule has 0 spiro atoms. The highest BCUT2D eigenvalue weighted by atomic mass is 35.5. The normalized spacial score (nSPS) is 11.5. The van der Waals surface area contributed by atoms with Crippen LogP contribution in [0.1, 0.15) is 5.56 Å². The van der Waals surface area contributed by atoms with Crippen molar-refractivity contribution in [3.05, 3.63) is 78.4 Å². The Hall–Kier alpha value is -2.67. The summed E-state index contributed by atoms with van der Waals surface area (Å²) in [5.41, 5.74) is 4.70. The first-order valence-electron chi connectivity index (χ1n) is 9.50. The Labute approximate surface area is 191 Å².